The standard InChI is InChI=1S/C22H28ClN5O3S/c1-3-24-22(31)25-13-17(27-21(30)18-6-7-19(23)32-18)20(29)26-16-5-4-14-8-10-28(2)11-9-15(14)12-16/h4-7,12,17H,3,8-11,13H2,1-2H3,(H,26,29)(H,27,30)(H2,24,25,31)/t17-/m1/s1. The highest BCUT2D eigenvalue weighted by atomic mass is 35.5. The fraction of sp³-hybridized carbons (Fsp3) is 0.409. The summed E-state index contributed by atoms with van der Waals surface area (Å²) in [7, 11) is 2.10. The number of nitrogens with zero attached hydrogens (tertiary/aromatic N) is 1. The first-order valence-corrected chi connectivity index (χ1v) is 11.7. The summed E-state index contributed by atoms with van der Waals surface area (Å²) in [4.78, 5) is 40.1. The van der Waals surface area contributed by atoms with Gasteiger partial charge in [-0.3, -0.25) is 9.59 Å². The summed E-state index contributed by atoms with van der Waals surface area (Å²) in [5.74, 6) is -0.840. The topological polar surface area (TPSA) is 103 Å². The molecule has 0 saturated carbocycles. The molecule has 10 heteroatoms. The number of halogens is 1. The number of fused-ring (bicyclic) bond motifs is 1. The number of anilines is 1. The zero-order chi connectivity index (χ0) is 23.1. The highest BCUT2D eigenvalue weighted by Gasteiger charge is 2.23. The van der Waals surface area contributed by atoms with E-state index in [0.29, 0.717) is 21.4 Å². The first-order valence-electron chi connectivity index (χ1n) is 10.5. The first kappa shape index (κ1) is 24.0. The summed E-state index contributed by atoms with van der Waals surface area (Å²) >= 11 is 7.04. The Balaban J connectivity index is 1.71. The third-order valence-electron chi connectivity index (χ3n) is 5.22. The third kappa shape index (κ3) is 6.69. The summed E-state index contributed by atoms with van der Waals surface area (Å²) in [5, 5.41) is 10.8. The SMILES string of the molecule is CCNC(=O)NC[C@@H](NC(=O)c1ccc(Cl)s1)C(=O)Nc1ccc2c(c1)CCN(C)CC2. The van der Waals surface area contributed by atoms with Gasteiger partial charge in [-0.2, -0.15) is 0 Å². The van der Waals surface area contributed by atoms with E-state index in [1.165, 1.54) is 11.1 Å². The van der Waals surface area contributed by atoms with Gasteiger partial charge in [0.2, 0.25) is 5.91 Å². The number of nitrogens with one attached hydrogen (secondary N) is 4. The molecule has 0 saturated heterocycles. The maximum Gasteiger partial charge on any atom is 0.314 e. The van der Waals surface area contributed by atoms with Gasteiger partial charge in [0, 0.05) is 31.9 Å². The molecule has 4 N–H and O–H groups in total. The van der Waals surface area contributed by atoms with Crippen LogP contribution in [0.2, 0.25) is 4.34 Å². The molecule has 0 bridgehead atoms. The molecule has 0 aliphatic carbocycles. The van der Waals surface area contributed by atoms with Gasteiger partial charge in [-0.1, -0.05) is 17.7 Å². The van der Waals surface area contributed by atoms with Crippen molar-refractivity contribution in [3.8, 4) is 0 Å². The number of hydrogen-bond acceptors (Lipinski definition) is 5. The van der Waals surface area contributed by atoms with E-state index in [4.69, 9.17) is 11.6 Å². The van der Waals surface area contributed by atoms with Crippen LogP contribution in [0, 0.1) is 0 Å². The van der Waals surface area contributed by atoms with Crippen LogP contribution in [-0.2, 0) is 17.6 Å². The number of amides is 4. The average molecular weight is 478 g/mol. The number of carbonyl (C=O) groups excluding carboxylic acids is 3. The molecule has 1 aromatic heterocycles. The van der Waals surface area contributed by atoms with E-state index in [-0.39, 0.29) is 6.54 Å². The maximum absolute atomic E-state index is 13.0. The maximum atomic E-state index is 13.0. The molecule has 1 aliphatic rings. The molecule has 8 nitrogen and oxygen atoms in total. The van der Waals surface area contributed by atoms with Crippen LogP contribution < -0.4 is 21.3 Å². The molecule has 1 aromatic carbocycles. The molecule has 1 aliphatic heterocycles. The molecular weight excluding hydrogens is 450 g/mol. The number of hydrogen-bond donors (Lipinski definition) is 4. The molecule has 172 valence electrons. The van der Waals surface area contributed by atoms with E-state index in [2.05, 4.69) is 33.2 Å². The quantitative estimate of drug-likeness (QED) is 0.492. The second-order valence-corrected chi connectivity index (χ2v) is 9.36. The van der Waals surface area contributed by atoms with Crippen molar-refractivity contribution in [1.82, 2.24) is 20.9 Å². The zero-order valence-electron chi connectivity index (χ0n) is 18.2. The Bertz CT molecular complexity index is 980. The van der Waals surface area contributed by atoms with Crippen molar-refractivity contribution in [2.45, 2.75) is 25.8 Å². The Morgan fingerprint density at radius 2 is 1.84 bits per heavy atom. The Kier molecular flexibility index (Phi) is 8.49. The van der Waals surface area contributed by atoms with Gasteiger partial charge in [-0.25, -0.2) is 4.79 Å². The van der Waals surface area contributed by atoms with Crippen molar-refractivity contribution in [3.63, 3.8) is 0 Å². The van der Waals surface area contributed by atoms with Crippen molar-refractivity contribution >= 4 is 46.5 Å². The van der Waals surface area contributed by atoms with Crippen LogP contribution in [0.25, 0.3) is 0 Å². The fourth-order valence-electron chi connectivity index (χ4n) is 3.44. The Labute approximate surface area is 196 Å². The lowest BCUT2D eigenvalue weighted by atomic mass is 10.0. The van der Waals surface area contributed by atoms with Crippen LogP contribution in [-0.4, -0.2) is 62.0 Å². The van der Waals surface area contributed by atoms with Gasteiger partial charge in [0.1, 0.15) is 6.04 Å². The predicted molar refractivity (Wildman–Crippen MR) is 128 cm³/mol. The van der Waals surface area contributed by atoms with Gasteiger partial charge in [-0.15, -0.1) is 11.3 Å². The van der Waals surface area contributed by atoms with Crippen LogP contribution in [0.3, 0.4) is 0 Å². The Hall–Kier alpha value is -2.62. The van der Waals surface area contributed by atoms with Gasteiger partial charge in [0.25, 0.3) is 5.91 Å². The monoisotopic (exact) mass is 477 g/mol. The summed E-state index contributed by atoms with van der Waals surface area (Å²) in [5.41, 5.74) is 3.15. The summed E-state index contributed by atoms with van der Waals surface area (Å²) in [6.45, 7) is 4.15. The van der Waals surface area contributed by atoms with Crippen molar-refractivity contribution in [3.05, 3.63) is 50.7 Å². The van der Waals surface area contributed by atoms with Crippen molar-refractivity contribution < 1.29 is 14.4 Å². The molecule has 32 heavy (non-hydrogen) atoms. The molecule has 0 fully saturated rings. The van der Waals surface area contributed by atoms with Gasteiger partial charge < -0.3 is 26.2 Å². The number of thiophene rings is 1. The lowest BCUT2D eigenvalue weighted by Crippen LogP contribution is -2.51. The number of carbonyl (C=O) groups is 3. The minimum absolute atomic E-state index is 0.0573. The van der Waals surface area contributed by atoms with Gasteiger partial charge in [-0.05, 0) is 62.2 Å². The highest BCUT2D eigenvalue weighted by molar-refractivity contribution is 7.18. The number of likely N-dealkylation sites (N-methyl/N-ethyl adjacent to an activating group) is 1. The Morgan fingerprint density at radius 1 is 1.09 bits per heavy atom. The number of benzene rings is 1. The smallest absolute Gasteiger partial charge is 0.314 e. The summed E-state index contributed by atoms with van der Waals surface area (Å²) in [6.07, 6.45) is 1.88. The molecule has 0 unspecified atom stereocenters. The average Bonchev–Trinajstić information content (AvgIpc) is 3.12. The predicted octanol–water partition coefficient (Wildman–Crippen LogP) is 2.49. The molecule has 1 atom stereocenters. The first-order chi connectivity index (χ1) is 15.4. The van der Waals surface area contributed by atoms with Crippen LogP contribution in [0.5, 0.6) is 0 Å². The molecule has 2 aromatic rings. The molecule has 2 heterocycles. The number of rotatable bonds is 7. The lowest BCUT2D eigenvalue weighted by molar-refractivity contribution is -0.117. The lowest BCUT2D eigenvalue weighted by Gasteiger charge is -2.19. The van der Waals surface area contributed by atoms with Crippen LogP contribution >= 0.6 is 22.9 Å². The Morgan fingerprint density at radius 3 is 2.53 bits per heavy atom. The third-order valence-corrected chi connectivity index (χ3v) is 6.45. The minimum Gasteiger partial charge on any atom is -0.338 e. The molecule has 4 amide bonds. The van der Waals surface area contributed by atoms with E-state index < -0.39 is 23.9 Å². The van der Waals surface area contributed by atoms with Gasteiger partial charge >= 0.3 is 6.03 Å². The van der Waals surface area contributed by atoms with Gasteiger partial charge in [0.05, 0.1) is 9.21 Å². The molecule has 0 spiro atoms. The van der Waals surface area contributed by atoms with E-state index in [1.54, 1.807) is 19.1 Å². The van der Waals surface area contributed by atoms with E-state index >= 15 is 0 Å². The second-order valence-electron chi connectivity index (χ2n) is 7.65. The molecular formula is C22H28ClN5O3S. The molecule has 0 radical (unpaired) electrons. The number of urea groups is 1. The van der Waals surface area contributed by atoms with Crippen molar-refractivity contribution in [2.75, 3.05) is 38.5 Å². The van der Waals surface area contributed by atoms with Crippen molar-refractivity contribution in [1.29, 1.82) is 0 Å². The molecule has 3 rings (SSSR count). The highest BCUT2D eigenvalue weighted by Crippen LogP contribution is 2.22. The second kappa shape index (κ2) is 11.3. The largest absolute Gasteiger partial charge is 0.338 e. The summed E-state index contributed by atoms with van der Waals surface area (Å²) < 4.78 is 0.479. The van der Waals surface area contributed by atoms with Crippen LogP contribution in [0.4, 0.5) is 10.5 Å². The zero-order valence-corrected chi connectivity index (χ0v) is 19.7. The van der Waals surface area contributed by atoms with Gasteiger partial charge in [0.15, 0.2) is 0 Å². The van der Waals surface area contributed by atoms with Crippen molar-refractivity contribution in [2.24, 2.45) is 0 Å². The van der Waals surface area contributed by atoms with E-state index in [1.807, 2.05) is 18.2 Å². The normalized spacial score (nSPS) is 14.6. The minimum atomic E-state index is -0.962. The van der Waals surface area contributed by atoms with E-state index in [9.17, 15) is 14.4 Å². The fourth-order valence-corrected chi connectivity index (χ4v) is 4.38. The van der Waals surface area contributed by atoms with E-state index in [0.717, 1.165) is 37.3 Å². The van der Waals surface area contributed by atoms with Crippen LogP contribution in [0.15, 0.2) is 30.3 Å². The van der Waals surface area contributed by atoms with Crippen LogP contribution in [0.1, 0.15) is 27.7 Å². The summed E-state index contributed by atoms with van der Waals surface area (Å²) in [6, 6.07) is 7.74.